The Kier molecular flexibility index (Phi) is 5.21. The Balaban J connectivity index is 1.37. The van der Waals surface area contributed by atoms with Crippen LogP contribution in [0.3, 0.4) is 0 Å². The SMILES string of the molecule is CC1(Cn2cc(-c3cc(F)c(C#N)nc3-c3ccc4c(c3)C(=O)N(CC3CC3)C4)cn2)CCCC1. The van der Waals surface area contributed by atoms with Gasteiger partial charge in [0.2, 0.25) is 0 Å². The molecule has 6 nitrogen and oxygen atoms in total. The van der Waals surface area contributed by atoms with E-state index in [1.807, 2.05) is 40.0 Å². The predicted octanol–water partition coefficient (Wildman–Crippen LogP) is 5.57. The van der Waals surface area contributed by atoms with Crippen LogP contribution in [0, 0.1) is 28.5 Å². The minimum absolute atomic E-state index is 0.0375. The summed E-state index contributed by atoms with van der Waals surface area (Å²) in [5.41, 5.74) is 4.16. The van der Waals surface area contributed by atoms with Gasteiger partial charge in [-0.05, 0) is 54.7 Å². The van der Waals surface area contributed by atoms with Crippen LogP contribution in [0.15, 0.2) is 36.7 Å². The molecule has 0 unspecified atom stereocenters. The van der Waals surface area contributed by atoms with Gasteiger partial charge < -0.3 is 4.90 Å². The molecule has 0 atom stereocenters. The van der Waals surface area contributed by atoms with Crippen molar-refractivity contribution in [2.75, 3.05) is 6.54 Å². The summed E-state index contributed by atoms with van der Waals surface area (Å²) in [5.74, 6) is 0.00413. The number of hydrogen-bond donors (Lipinski definition) is 0. The number of carbonyl (C=O) groups is 1. The second-order valence-electron chi connectivity index (χ2n) is 10.8. The zero-order valence-corrected chi connectivity index (χ0v) is 19.9. The third-order valence-corrected chi connectivity index (χ3v) is 7.82. The summed E-state index contributed by atoms with van der Waals surface area (Å²) in [6.45, 7) is 4.55. The largest absolute Gasteiger partial charge is 0.334 e. The number of nitrogens with zero attached hydrogens (tertiary/aromatic N) is 5. The Morgan fingerprint density at radius 1 is 1.17 bits per heavy atom. The number of fused-ring (bicyclic) bond motifs is 1. The first-order chi connectivity index (χ1) is 16.9. The quantitative estimate of drug-likeness (QED) is 0.473. The molecule has 178 valence electrons. The average molecular weight is 470 g/mol. The lowest BCUT2D eigenvalue weighted by Gasteiger charge is -2.22. The second kappa shape index (κ2) is 8.30. The normalized spacial score (nSPS) is 18.7. The second-order valence-corrected chi connectivity index (χ2v) is 10.8. The van der Waals surface area contributed by atoms with Crippen molar-refractivity contribution in [3.63, 3.8) is 0 Å². The van der Waals surface area contributed by atoms with E-state index in [-0.39, 0.29) is 17.0 Å². The highest BCUT2D eigenvalue weighted by atomic mass is 19.1. The molecule has 2 aromatic heterocycles. The highest BCUT2D eigenvalue weighted by Crippen LogP contribution is 2.40. The van der Waals surface area contributed by atoms with E-state index in [2.05, 4.69) is 17.0 Å². The lowest BCUT2D eigenvalue weighted by molar-refractivity contribution is 0.0771. The first kappa shape index (κ1) is 22.0. The van der Waals surface area contributed by atoms with Gasteiger partial charge >= 0.3 is 0 Å². The summed E-state index contributed by atoms with van der Waals surface area (Å²) in [6, 6.07) is 8.95. The number of nitriles is 1. The summed E-state index contributed by atoms with van der Waals surface area (Å²) < 4.78 is 16.6. The van der Waals surface area contributed by atoms with Crippen LogP contribution in [0.25, 0.3) is 22.4 Å². The van der Waals surface area contributed by atoms with Gasteiger partial charge in [-0.15, -0.1) is 0 Å². The number of aromatic nitrogens is 3. The lowest BCUT2D eigenvalue weighted by Crippen LogP contribution is -2.26. The van der Waals surface area contributed by atoms with Crippen LogP contribution in [0.4, 0.5) is 4.39 Å². The number of carbonyl (C=O) groups excluding carboxylic acids is 1. The predicted molar refractivity (Wildman–Crippen MR) is 130 cm³/mol. The maximum atomic E-state index is 14.7. The number of pyridine rings is 1. The van der Waals surface area contributed by atoms with Gasteiger partial charge in [-0.3, -0.25) is 9.48 Å². The molecule has 2 fully saturated rings. The third kappa shape index (κ3) is 4.12. The molecule has 3 aliphatic rings. The van der Waals surface area contributed by atoms with Gasteiger partial charge in [-0.25, -0.2) is 9.37 Å². The van der Waals surface area contributed by atoms with E-state index in [0.717, 1.165) is 24.2 Å². The van der Waals surface area contributed by atoms with Crippen molar-refractivity contribution in [1.82, 2.24) is 19.7 Å². The smallest absolute Gasteiger partial charge is 0.254 e. The van der Waals surface area contributed by atoms with E-state index in [4.69, 9.17) is 0 Å². The van der Waals surface area contributed by atoms with Crippen molar-refractivity contribution in [1.29, 1.82) is 5.26 Å². The number of halogens is 1. The molecule has 2 saturated carbocycles. The van der Waals surface area contributed by atoms with E-state index >= 15 is 0 Å². The minimum Gasteiger partial charge on any atom is -0.334 e. The maximum absolute atomic E-state index is 14.7. The van der Waals surface area contributed by atoms with E-state index in [0.29, 0.717) is 34.8 Å². The van der Waals surface area contributed by atoms with Crippen molar-refractivity contribution in [2.24, 2.45) is 11.3 Å². The Morgan fingerprint density at radius 3 is 2.71 bits per heavy atom. The lowest BCUT2D eigenvalue weighted by atomic mass is 9.89. The first-order valence-electron chi connectivity index (χ1n) is 12.5. The maximum Gasteiger partial charge on any atom is 0.254 e. The van der Waals surface area contributed by atoms with E-state index < -0.39 is 5.82 Å². The van der Waals surface area contributed by atoms with Gasteiger partial charge in [-0.1, -0.05) is 31.9 Å². The zero-order chi connectivity index (χ0) is 24.2. The van der Waals surface area contributed by atoms with Crippen molar-refractivity contribution in [3.05, 3.63) is 59.3 Å². The summed E-state index contributed by atoms with van der Waals surface area (Å²) in [6.07, 6.45) is 10.9. The average Bonchev–Trinajstić information content (AvgIpc) is 3.23. The number of rotatable bonds is 6. The number of hydrogen-bond acceptors (Lipinski definition) is 4. The standard InChI is InChI=1S/C28H28FN5O/c1-28(8-2-3-9-28)17-34-16-21(13-31-34)22-11-24(29)25(12-30)32-26(22)19-6-7-20-15-33(14-18-4-5-18)27(35)23(20)10-19/h6-7,10-11,13,16,18H,2-5,8-9,14-15,17H2,1H3. The third-order valence-electron chi connectivity index (χ3n) is 7.82. The van der Waals surface area contributed by atoms with Gasteiger partial charge in [-0.2, -0.15) is 10.4 Å². The molecule has 7 heteroatoms. The Labute approximate surface area is 204 Å². The van der Waals surface area contributed by atoms with Crippen LogP contribution in [0.5, 0.6) is 0 Å². The molecule has 1 amide bonds. The molecule has 3 heterocycles. The molecule has 6 rings (SSSR count). The van der Waals surface area contributed by atoms with Crippen molar-refractivity contribution < 1.29 is 9.18 Å². The van der Waals surface area contributed by atoms with Gasteiger partial charge in [0.05, 0.1) is 11.9 Å². The molecule has 0 spiro atoms. The van der Waals surface area contributed by atoms with Crippen molar-refractivity contribution >= 4 is 5.91 Å². The molecule has 2 aliphatic carbocycles. The van der Waals surface area contributed by atoms with E-state index in [1.165, 1.54) is 44.6 Å². The fourth-order valence-corrected chi connectivity index (χ4v) is 5.64. The van der Waals surface area contributed by atoms with Gasteiger partial charge in [0.1, 0.15) is 6.07 Å². The van der Waals surface area contributed by atoms with Crippen LogP contribution < -0.4 is 0 Å². The van der Waals surface area contributed by atoms with Crippen LogP contribution in [0.2, 0.25) is 0 Å². The van der Waals surface area contributed by atoms with E-state index in [1.54, 1.807) is 6.20 Å². The monoisotopic (exact) mass is 469 g/mol. The van der Waals surface area contributed by atoms with Crippen LogP contribution in [-0.2, 0) is 13.1 Å². The first-order valence-corrected chi connectivity index (χ1v) is 12.5. The Morgan fingerprint density at radius 2 is 1.97 bits per heavy atom. The fraction of sp³-hybridized carbons (Fsp3) is 0.429. The Bertz CT molecular complexity index is 1360. The Hall–Kier alpha value is -3.53. The van der Waals surface area contributed by atoms with Gasteiger partial charge in [0.15, 0.2) is 11.5 Å². The molecule has 1 aliphatic heterocycles. The van der Waals surface area contributed by atoms with Crippen molar-refractivity contribution in [3.8, 4) is 28.5 Å². The van der Waals surface area contributed by atoms with Crippen LogP contribution >= 0.6 is 0 Å². The molecule has 0 radical (unpaired) electrons. The molecule has 0 saturated heterocycles. The molecular formula is C28H28FN5O. The fourth-order valence-electron chi connectivity index (χ4n) is 5.64. The molecule has 0 N–H and O–H groups in total. The molecular weight excluding hydrogens is 441 g/mol. The highest BCUT2D eigenvalue weighted by molar-refractivity contribution is 6.00. The highest BCUT2D eigenvalue weighted by Gasteiger charge is 2.33. The number of benzene rings is 1. The molecule has 3 aromatic rings. The minimum atomic E-state index is -0.658. The molecule has 35 heavy (non-hydrogen) atoms. The summed E-state index contributed by atoms with van der Waals surface area (Å²) in [5, 5.41) is 14.0. The van der Waals surface area contributed by atoms with Gasteiger partial charge in [0, 0.05) is 48.1 Å². The topological polar surface area (TPSA) is 74.8 Å². The summed E-state index contributed by atoms with van der Waals surface area (Å²) in [7, 11) is 0. The number of amides is 1. The molecule has 0 bridgehead atoms. The molecule has 1 aromatic carbocycles. The summed E-state index contributed by atoms with van der Waals surface area (Å²) in [4.78, 5) is 19.4. The van der Waals surface area contributed by atoms with E-state index in [9.17, 15) is 14.4 Å². The van der Waals surface area contributed by atoms with Crippen LogP contribution in [-0.4, -0.2) is 32.1 Å². The zero-order valence-electron chi connectivity index (χ0n) is 19.9. The summed E-state index contributed by atoms with van der Waals surface area (Å²) >= 11 is 0. The van der Waals surface area contributed by atoms with Gasteiger partial charge in [0.25, 0.3) is 5.91 Å². The van der Waals surface area contributed by atoms with Crippen LogP contribution in [0.1, 0.15) is 67.1 Å². The van der Waals surface area contributed by atoms with Crippen molar-refractivity contribution in [2.45, 2.75) is 58.5 Å².